The Labute approximate surface area is 162 Å². The second-order valence-electron chi connectivity index (χ2n) is 5.75. The summed E-state index contributed by atoms with van der Waals surface area (Å²) in [5.74, 6) is 1.92. The third kappa shape index (κ3) is 3.55. The Balaban J connectivity index is 2.19. The molecule has 3 rings (SSSR count). The number of aryl methyl sites for hydroxylation is 1. The topological polar surface area (TPSA) is 90.4 Å². The quantitative estimate of drug-likeness (QED) is 0.633. The third-order valence-electron chi connectivity index (χ3n) is 4.00. The van der Waals surface area contributed by atoms with E-state index in [1.165, 1.54) is 7.11 Å². The van der Waals surface area contributed by atoms with Gasteiger partial charge in [0.2, 0.25) is 0 Å². The number of benzene rings is 2. The van der Waals surface area contributed by atoms with Gasteiger partial charge in [-0.25, -0.2) is 0 Å². The second kappa shape index (κ2) is 7.60. The predicted octanol–water partition coefficient (Wildman–Crippen LogP) is 4.85. The summed E-state index contributed by atoms with van der Waals surface area (Å²) in [6, 6.07) is 10.6. The van der Waals surface area contributed by atoms with Crippen LogP contribution in [0.2, 0.25) is 5.02 Å². The highest BCUT2D eigenvalue weighted by Gasteiger charge is 2.18. The van der Waals surface area contributed by atoms with Gasteiger partial charge in [0.05, 0.1) is 35.6 Å². The van der Waals surface area contributed by atoms with Crippen LogP contribution in [-0.4, -0.2) is 18.7 Å². The summed E-state index contributed by atoms with van der Waals surface area (Å²) in [5.41, 5.74) is 8.04. The predicted molar refractivity (Wildman–Crippen MR) is 105 cm³/mol. The zero-order valence-electron chi connectivity index (χ0n) is 15.2. The fourth-order valence-electron chi connectivity index (χ4n) is 2.74. The van der Waals surface area contributed by atoms with Gasteiger partial charge in [-0.1, -0.05) is 11.6 Å². The van der Waals surface area contributed by atoms with Crippen LogP contribution in [0.4, 0.5) is 5.69 Å². The number of methoxy groups -OCH3 is 1. The van der Waals surface area contributed by atoms with Crippen LogP contribution < -0.4 is 19.9 Å². The third-order valence-corrected chi connectivity index (χ3v) is 4.30. The smallest absolute Gasteiger partial charge is 0.156 e. The summed E-state index contributed by atoms with van der Waals surface area (Å²) in [5, 5.41) is 10.6. The number of halogens is 1. The standard InChI is InChI=1S/C20H18ClN3O3/c1-4-26-19-9-17-13(8-16(19)23)20(14(10-22)11(2)24-17)27-12-5-6-18(25-3)15(21)7-12/h5-9H,4,23H2,1-3H3. The minimum Gasteiger partial charge on any atom is -0.495 e. The Morgan fingerprint density at radius 3 is 2.63 bits per heavy atom. The highest BCUT2D eigenvalue weighted by molar-refractivity contribution is 6.32. The first-order chi connectivity index (χ1) is 13.0. The van der Waals surface area contributed by atoms with Crippen LogP contribution in [0.1, 0.15) is 18.2 Å². The van der Waals surface area contributed by atoms with Gasteiger partial charge >= 0.3 is 0 Å². The number of nitrogen functional groups attached to an aromatic ring is 1. The fraction of sp³-hybridized carbons (Fsp3) is 0.200. The molecule has 0 atom stereocenters. The molecule has 0 aliphatic carbocycles. The van der Waals surface area contributed by atoms with Gasteiger partial charge in [0.15, 0.2) is 5.75 Å². The van der Waals surface area contributed by atoms with Crippen molar-refractivity contribution in [1.82, 2.24) is 4.98 Å². The molecule has 3 aromatic rings. The van der Waals surface area contributed by atoms with Crippen molar-refractivity contribution in [3.8, 4) is 29.1 Å². The number of ether oxygens (including phenoxy) is 3. The Morgan fingerprint density at radius 1 is 1.22 bits per heavy atom. The fourth-order valence-corrected chi connectivity index (χ4v) is 2.99. The van der Waals surface area contributed by atoms with Gasteiger partial charge in [0, 0.05) is 17.5 Å². The number of hydrogen-bond donors (Lipinski definition) is 1. The van der Waals surface area contributed by atoms with E-state index in [9.17, 15) is 5.26 Å². The molecule has 6 nitrogen and oxygen atoms in total. The van der Waals surface area contributed by atoms with E-state index in [0.29, 0.717) is 62.5 Å². The first-order valence-corrected chi connectivity index (χ1v) is 8.64. The summed E-state index contributed by atoms with van der Waals surface area (Å²) < 4.78 is 16.7. The monoisotopic (exact) mass is 383 g/mol. The maximum absolute atomic E-state index is 9.61. The second-order valence-corrected chi connectivity index (χ2v) is 6.16. The number of pyridine rings is 1. The van der Waals surface area contributed by atoms with E-state index in [2.05, 4.69) is 11.1 Å². The van der Waals surface area contributed by atoms with E-state index < -0.39 is 0 Å². The molecule has 0 bridgehead atoms. The molecular weight excluding hydrogens is 366 g/mol. The number of nitrogens with zero attached hydrogens (tertiary/aromatic N) is 2. The van der Waals surface area contributed by atoms with Gasteiger partial charge < -0.3 is 19.9 Å². The number of fused-ring (bicyclic) bond motifs is 1. The Morgan fingerprint density at radius 2 is 2.00 bits per heavy atom. The van der Waals surface area contributed by atoms with Crippen LogP contribution in [-0.2, 0) is 0 Å². The van der Waals surface area contributed by atoms with Crippen LogP contribution in [0.5, 0.6) is 23.0 Å². The molecule has 0 radical (unpaired) electrons. The molecular formula is C20H18ClN3O3. The van der Waals surface area contributed by atoms with Crippen molar-refractivity contribution < 1.29 is 14.2 Å². The number of hydrogen-bond acceptors (Lipinski definition) is 6. The van der Waals surface area contributed by atoms with Crippen LogP contribution in [0.3, 0.4) is 0 Å². The Hall–Kier alpha value is -3.17. The molecule has 0 unspecified atom stereocenters. The largest absolute Gasteiger partial charge is 0.495 e. The van der Waals surface area contributed by atoms with E-state index in [0.717, 1.165) is 0 Å². The molecule has 0 fully saturated rings. The van der Waals surface area contributed by atoms with Crippen molar-refractivity contribution in [2.24, 2.45) is 0 Å². The summed E-state index contributed by atoms with van der Waals surface area (Å²) in [7, 11) is 1.54. The van der Waals surface area contributed by atoms with E-state index in [1.807, 2.05) is 6.92 Å². The zero-order valence-corrected chi connectivity index (χ0v) is 15.9. The minimum atomic E-state index is 0.331. The van der Waals surface area contributed by atoms with Gasteiger partial charge in [0.1, 0.15) is 28.9 Å². The number of nitriles is 1. The SMILES string of the molecule is CCOc1cc2nc(C)c(C#N)c(Oc3ccc(OC)c(Cl)c3)c2cc1N. The lowest BCUT2D eigenvalue weighted by Crippen LogP contribution is -2.01. The average Bonchev–Trinajstić information content (AvgIpc) is 2.64. The molecule has 2 N–H and O–H groups in total. The summed E-state index contributed by atoms with van der Waals surface area (Å²) in [6.45, 7) is 4.12. The number of nitrogens with two attached hydrogens (primary N) is 1. The number of aromatic nitrogens is 1. The van der Waals surface area contributed by atoms with Crippen molar-refractivity contribution >= 4 is 28.2 Å². The molecule has 0 spiro atoms. The molecule has 1 aromatic heterocycles. The van der Waals surface area contributed by atoms with E-state index >= 15 is 0 Å². The Bertz CT molecular complexity index is 1060. The number of anilines is 1. The van der Waals surface area contributed by atoms with Crippen LogP contribution in [0.15, 0.2) is 30.3 Å². The molecule has 0 aliphatic heterocycles. The molecule has 27 heavy (non-hydrogen) atoms. The van der Waals surface area contributed by atoms with E-state index in [-0.39, 0.29) is 0 Å². The Kier molecular flexibility index (Phi) is 5.24. The molecule has 2 aromatic carbocycles. The van der Waals surface area contributed by atoms with Crippen molar-refractivity contribution in [3.05, 3.63) is 46.6 Å². The van der Waals surface area contributed by atoms with Crippen LogP contribution in [0, 0.1) is 18.3 Å². The minimum absolute atomic E-state index is 0.331. The normalized spacial score (nSPS) is 10.5. The van der Waals surface area contributed by atoms with E-state index in [4.69, 9.17) is 31.5 Å². The first kappa shape index (κ1) is 18.6. The average molecular weight is 384 g/mol. The van der Waals surface area contributed by atoms with Crippen LogP contribution >= 0.6 is 11.6 Å². The molecule has 138 valence electrons. The molecule has 1 heterocycles. The maximum Gasteiger partial charge on any atom is 0.156 e. The molecule has 7 heteroatoms. The highest BCUT2D eigenvalue weighted by Crippen LogP contribution is 2.39. The molecule has 0 saturated heterocycles. The summed E-state index contributed by atoms with van der Waals surface area (Å²) in [6.07, 6.45) is 0. The molecule has 0 amide bonds. The highest BCUT2D eigenvalue weighted by atomic mass is 35.5. The first-order valence-electron chi connectivity index (χ1n) is 8.26. The summed E-state index contributed by atoms with van der Waals surface area (Å²) in [4.78, 5) is 4.49. The van der Waals surface area contributed by atoms with Gasteiger partial charge in [-0.15, -0.1) is 0 Å². The van der Waals surface area contributed by atoms with Crippen molar-refractivity contribution in [3.63, 3.8) is 0 Å². The maximum atomic E-state index is 9.61. The zero-order chi connectivity index (χ0) is 19.6. The van der Waals surface area contributed by atoms with E-state index in [1.54, 1.807) is 37.3 Å². The van der Waals surface area contributed by atoms with Gasteiger partial charge in [-0.2, -0.15) is 5.26 Å². The lowest BCUT2D eigenvalue weighted by Gasteiger charge is -2.15. The molecule has 0 saturated carbocycles. The van der Waals surface area contributed by atoms with Crippen molar-refractivity contribution in [2.75, 3.05) is 19.5 Å². The van der Waals surface area contributed by atoms with Gasteiger partial charge in [-0.05, 0) is 32.0 Å². The van der Waals surface area contributed by atoms with Gasteiger partial charge in [-0.3, -0.25) is 4.98 Å². The lowest BCUT2D eigenvalue weighted by molar-refractivity contribution is 0.342. The van der Waals surface area contributed by atoms with Gasteiger partial charge in [0.25, 0.3) is 0 Å². The van der Waals surface area contributed by atoms with Crippen molar-refractivity contribution in [1.29, 1.82) is 5.26 Å². The lowest BCUT2D eigenvalue weighted by atomic mass is 10.1. The number of rotatable bonds is 5. The molecule has 0 aliphatic rings. The summed E-state index contributed by atoms with van der Waals surface area (Å²) >= 11 is 6.18. The van der Waals surface area contributed by atoms with Crippen LogP contribution in [0.25, 0.3) is 10.9 Å². The van der Waals surface area contributed by atoms with Crippen molar-refractivity contribution in [2.45, 2.75) is 13.8 Å².